The monoisotopic (exact) mass is 268 g/mol. The number of carboxylic acids is 2. The van der Waals surface area contributed by atoms with Crippen LogP contribution in [0.4, 0.5) is 0 Å². The molecule has 18 heavy (non-hydrogen) atoms. The van der Waals surface area contributed by atoms with Gasteiger partial charge in [0.05, 0.1) is 56.4 Å². The highest BCUT2D eigenvalue weighted by atomic mass is 16.4. The topological polar surface area (TPSA) is 112 Å². The van der Waals surface area contributed by atoms with Crippen molar-refractivity contribution in [3.05, 3.63) is 0 Å². The molecule has 0 rings (SSSR count). The molecule has 0 aromatic heterocycles. The highest BCUT2D eigenvalue weighted by Gasteiger charge is 1.88. The third-order valence-corrected chi connectivity index (χ3v) is 0.289. The van der Waals surface area contributed by atoms with Crippen molar-refractivity contribution in [1.29, 1.82) is 0 Å². The number of carbonyl (C=O) groups is 2. The predicted octanol–water partition coefficient (Wildman–Crippen LogP) is -3.30. The van der Waals surface area contributed by atoms with Crippen molar-refractivity contribution >= 4 is 11.9 Å². The zero-order valence-corrected chi connectivity index (χ0v) is 12.7. The molecule has 0 saturated heterocycles. The minimum atomic E-state index is -1.63. The Morgan fingerprint density at radius 1 is 0.722 bits per heavy atom. The second-order valence-corrected chi connectivity index (χ2v) is 6.29. The van der Waals surface area contributed by atoms with Gasteiger partial charge in [0, 0.05) is 18.4 Å². The molecule has 112 valence electrons. The minimum absolute atomic E-state index is 0. The normalized spacial score (nSPS) is 9.78. The summed E-state index contributed by atoms with van der Waals surface area (Å²) in [6.45, 7) is 0. The lowest BCUT2D eigenvalue weighted by atomic mass is 10.5. The second-order valence-electron chi connectivity index (χ2n) is 6.29. The van der Waals surface area contributed by atoms with Gasteiger partial charge in [-0.1, -0.05) is 0 Å². The lowest BCUT2D eigenvalue weighted by Crippen LogP contribution is -2.32. The Morgan fingerprint density at radius 3 is 0.833 bits per heavy atom. The average molecular weight is 268 g/mol. The van der Waals surface area contributed by atoms with E-state index < -0.39 is 18.4 Å². The minimum Gasteiger partial charge on any atom is -0.550 e. The molecular formula is C11H28N2O5. The Balaban J connectivity index is -0.0000000813. The number of carboxylic acid groups (broad SMARTS) is 2. The lowest BCUT2D eigenvalue weighted by molar-refractivity contribution is -0.849. The van der Waals surface area contributed by atoms with E-state index in [-0.39, 0.29) is 5.48 Å². The van der Waals surface area contributed by atoms with Gasteiger partial charge in [0.2, 0.25) is 0 Å². The molecule has 0 aromatic rings. The molecular weight excluding hydrogens is 240 g/mol. The molecule has 2 N–H and O–H groups in total. The summed E-state index contributed by atoms with van der Waals surface area (Å²) in [5.74, 6) is -3.25. The summed E-state index contributed by atoms with van der Waals surface area (Å²) < 4.78 is 2.00. The number of hydrogen-bond donors (Lipinski definition) is 0. The standard InChI is InChI=1S/2C4H12N.C3H4O4.H2O/c2*1-5(2,3)4;4-2(5)1-3(6)7;/h2*1-4H3;1H2,(H,4,5)(H,6,7);1H2/q2*+1;;/p-2. The van der Waals surface area contributed by atoms with E-state index in [0.717, 1.165) is 8.97 Å². The van der Waals surface area contributed by atoms with E-state index in [2.05, 4.69) is 56.4 Å². The van der Waals surface area contributed by atoms with Gasteiger partial charge in [-0.25, -0.2) is 0 Å². The molecule has 0 heterocycles. The summed E-state index contributed by atoms with van der Waals surface area (Å²) in [6, 6.07) is 0. The van der Waals surface area contributed by atoms with Crippen LogP contribution in [-0.4, -0.2) is 82.8 Å². The van der Waals surface area contributed by atoms with Crippen LogP contribution < -0.4 is 10.2 Å². The number of carbonyl (C=O) groups excluding carboxylic acids is 2. The molecule has 0 aliphatic heterocycles. The van der Waals surface area contributed by atoms with E-state index in [1.54, 1.807) is 0 Å². The first-order valence-corrected chi connectivity index (χ1v) is 5.10. The van der Waals surface area contributed by atoms with Crippen LogP contribution in [0.2, 0.25) is 0 Å². The van der Waals surface area contributed by atoms with Crippen LogP contribution in [0.5, 0.6) is 0 Å². The van der Waals surface area contributed by atoms with Crippen LogP contribution in [0.3, 0.4) is 0 Å². The van der Waals surface area contributed by atoms with Gasteiger partial charge >= 0.3 is 0 Å². The molecule has 0 unspecified atom stereocenters. The number of quaternary nitrogens is 2. The first kappa shape index (κ1) is 25.6. The summed E-state index contributed by atoms with van der Waals surface area (Å²) in [5.41, 5.74) is 0. The smallest absolute Gasteiger partial charge is 0.0675 e. The van der Waals surface area contributed by atoms with Gasteiger partial charge in [-0.15, -0.1) is 0 Å². The van der Waals surface area contributed by atoms with Crippen LogP contribution in [0.15, 0.2) is 0 Å². The summed E-state index contributed by atoms with van der Waals surface area (Å²) in [6.07, 6.45) is -1.03. The molecule has 0 bridgehead atoms. The summed E-state index contributed by atoms with van der Waals surface area (Å²) >= 11 is 0. The Hall–Kier alpha value is -1.18. The fourth-order valence-electron chi connectivity index (χ4n) is 0.118. The molecule has 0 aliphatic rings. The fourth-order valence-corrected chi connectivity index (χ4v) is 0.118. The quantitative estimate of drug-likeness (QED) is 0.385. The molecule has 0 aromatic carbocycles. The van der Waals surface area contributed by atoms with E-state index in [4.69, 9.17) is 0 Å². The Bertz CT molecular complexity index is 193. The van der Waals surface area contributed by atoms with Crippen LogP contribution in [0.25, 0.3) is 0 Å². The van der Waals surface area contributed by atoms with Gasteiger partial charge in [0.1, 0.15) is 0 Å². The zero-order chi connectivity index (χ0) is 14.9. The molecule has 0 fully saturated rings. The molecule has 0 radical (unpaired) electrons. The summed E-state index contributed by atoms with van der Waals surface area (Å²) in [4.78, 5) is 18.6. The second kappa shape index (κ2) is 10.9. The van der Waals surface area contributed by atoms with Crippen molar-refractivity contribution < 1.29 is 34.2 Å². The molecule has 7 nitrogen and oxygen atoms in total. The van der Waals surface area contributed by atoms with Crippen LogP contribution in [0, 0.1) is 0 Å². The van der Waals surface area contributed by atoms with Crippen LogP contribution in [-0.2, 0) is 9.59 Å². The van der Waals surface area contributed by atoms with Crippen LogP contribution in [0.1, 0.15) is 6.42 Å². The lowest BCUT2D eigenvalue weighted by Gasteiger charge is -2.14. The number of rotatable bonds is 2. The SMILES string of the molecule is C[N+](C)(C)C.C[N+](C)(C)C.O.O=C([O-])CC(=O)[O-]. The molecule has 0 saturated carbocycles. The van der Waals surface area contributed by atoms with Crippen LogP contribution >= 0.6 is 0 Å². The Morgan fingerprint density at radius 2 is 0.833 bits per heavy atom. The van der Waals surface area contributed by atoms with Gasteiger partial charge in [-0.05, 0) is 0 Å². The maximum atomic E-state index is 9.28. The van der Waals surface area contributed by atoms with E-state index in [9.17, 15) is 19.8 Å². The van der Waals surface area contributed by atoms with Gasteiger partial charge in [-0.2, -0.15) is 0 Å². The van der Waals surface area contributed by atoms with Crippen molar-refractivity contribution in [3.63, 3.8) is 0 Å². The first-order chi connectivity index (χ1) is 7.13. The molecule has 0 atom stereocenters. The Labute approximate surface area is 110 Å². The number of nitrogens with zero attached hydrogens (tertiary/aromatic N) is 2. The van der Waals surface area contributed by atoms with E-state index in [0.29, 0.717) is 0 Å². The molecule has 0 aliphatic carbocycles. The van der Waals surface area contributed by atoms with Crippen molar-refractivity contribution in [2.45, 2.75) is 6.42 Å². The summed E-state index contributed by atoms with van der Waals surface area (Å²) in [7, 11) is 17.0. The largest absolute Gasteiger partial charge is 0.550 e. The highest BCUT2D eigenvalue weighted by Crippen LogP contribution is 1.74. The van der Waals surface area contributed by atoms with E-state index in [1.807, 2.05) is 0 Å². The average Bonchev–Trinajstić information content (AvgIpc) is 1.71. The number of aliphatic carboxylic acids is 2. The van der Waals surface area contributed by atoms with Gasteiger partial charge < -0.3 is 34.2 Å². The summed E-state index contributed by atoms with van der Waals surface area (Å²) in [5, 5.41) is 18.6. The maximum Gasteiger partial charge on any atom is 0.0675 e. The number of hydrogen-bond acceptors (Lipinski definition) is 4. The Kier molecular flexibility index (Phi) is 15.6. The van der Waals surface area contributed by atoms with Gasteiger partial charge in [0.15, 0.2) is 0 Å². The molecule has 0 amide bonds. The van der Waals surface area contributed by atoms with Crippen molar-refractivity contribution in [2.75, 3.05) is 56.4 Å². The van der Waals surface area contributed by atoms with Crippen molar-refractivity contribution in [1.82, 2.24) is 0 Å². The molecule has 0 spiro atoms. The predicted molar refractivity (Wildman–Crippen MR) is 66.2 cm³/mol. The maximum absolute atomic E-state index is 9.28. The third-order valence-electron chi connectivity index (χ3n) is 0.289. The third kappa shape index (κ3) is 356. The van der Waals surface area contributed by atoms with E-state index in [1.165, 1.54) is 0 Å². The van der Waals surface area contributed by atoms with E-state index >= 15 is 0 Å². The van der Waals surface area contributed by atoms with Crippen molar-refractivity contribution in [3.8, 4) is 0 Å². The fraction of sp³-hybridized carbons (Fsp3) is 0.818. The first-order valence-electron chi connectivity index (χ1n) is 5.10. The van der Waals surface area contributed by atoms with Gasteiger partial charge in [-0.3, -0.25) is 0 Å². The van der Waals surface area contributed by atoms with Crippen molar-refractivity contribution in [2.24, 2.45) is 0 Å². The molecule has 7 heteroatoms. The zero-order valence-electron chi connectivity index (χ0n) is 12.7. The highest BCUT2D eigenvalue weighted by molar-refractivity contribution is 5.86. The van der Waals surface area contributed by atoms with Gasteiger partial charge in [0.25, 0.3) is 0 Å².